The largest absolute Gasteiger partial charge is 0.488 e. The van der Waals surface area contributed by atoms with Crippen molar-refractivity contribution in [1.82, 2.24) is 0 Å². The molecular formula is C25H24F2O. The summed E-state index contributed by atoms with van der Waals surface area (Å²) in [6.45, 7) is 4.13. The van der Waals surface area contributed by atoms with Gasteiger partial charge in [0.05, 0.1) is 6.61 Å². The summed E-state index contributed by atoms with van der Waals surface area (Å²) >= 11 is 0. The Balaban J connectivity index is 1.67. The number of rotatable bonds is 7. The first-order valence-corrected chi connectivity index (χ1v) is 9.50. The van der Waals surface area contributed by atoms with E-state index in [1.165, 1.54) is 23.3 Å². The standard InChI is InChI=1S/C25H24F2O/c1-3-28-25-23(26)16-21(17-24(25)27)14-11-19-9-12-20(13-10-19)15-18(2)22-7-5-4-6-8-22/h4-14,16-18H,3,15H2,1-2H3/t18-/m1/s1. The summed E-state index contributed by atoms with van der Waals surface area (Å²) < 4.78 is 32.9. The number of hydrogen-bond acceptors (Lipinski definition) is 1. The van der Waals surface area contributed by atoms with Crippen LogP contribution in [0.5, 0.6) is 5.75 Å². The Morgan fingerprint density at radius 3 is 2.07 bits per heavy atom. The van der Waals surface area contributed by atoms with E-state index in [9.17, 15) is 8.78 Å². The van der Waals surface area contributed by atoms with Crippen LogP contribution in [0.25, 0.3) is 12.2 Å². The van der Waals surface area contributed by atoms with Crippen molar-refractivity contribution in [2.75, 3.05) is 6.61 Å². The molecule has 3 aromatic rings. The molecule has 0 saturated carbocycles. The predicted molar refractivity (Wildman–Crippen MR) is 111 cm³/mol. The van der Waals surface area contributed by atoms with Gasteiger partial charge in [-0.3, -0.25) is 0 Å². The van der Waals surface area contributed by atoms with Gasteiger partial charge in [0, 0.05) is 0 Å². The van der Waals surface area contributed by atoms with Crippen LogP contribution in [0.4, 0.5) is 8.78 Å². The molecular weight excluding hydrogens is 354 g/mol. The second kappa shape index (κ2) is 9.32. The van der Waals surface area contributed by atoms with Gasteiger partial charge in [0.1, 0.15) is 0 Å². The second-order valence-corrected chi connectivity index (χ2v) is 6.84. The summed E-state index contributed by atoms with van der Waals surface area (Å²) in [6.07, 6.45) is 4.51. The van der Waals surface area contributed by atoms with Crippen molar-refractivity contribution in [2.24, 2.45) is 0 Å². The Kier molecular flexibility index (Phi) is 6.59. The highest BCUT2D eigenvalue weighted by molar-refractivity contribution is 5.70. The molecule has 0 saturated heterocycles. The molecule has 1 nitrogen and oxygen atoms in total. The zero-order chi connectivity index (χ0) is 19.9. The zero-order valence-electron chi connectivity index (χ0n) is 16.2. The highest BCUT2D eigenvalue weighted by Gasteiger charge is 2.11. The molecule has 0 radical (unpaired) electrons. The minimum absolute atomic E-state index is 0.221. The minimum atomic E-state index is -0.688. The smallest absolute Gasteiger partial charge is 0.190 e. The summed E-state index contributed by atoms with van der Waals surface area (Å²) in [5.41, 5.74) is 4.02. The number of hydrogen-bond donors (Lipinski definition) is 0. The molecule has 0 aliphatic rings. The Labute approximate surface area is 165 Å². The van der Waals surface area contributed by atoms with E-state index in [4.69, 9.17) is 4.74 Å². The minimum Gasteiger partial charge on any atom is -0.488 e. The molecule has 0 N–H and O–H groups in total. The van der Waals surface area contributed by atoms with Crippen LogP contribution >= 0.6 is 0 Å². The Morgan fingerprint density at radius 1 is 0.857 bits per heavy atom. The molecule has 144 valence electrons. The molecule has 0 amide bonds. The molecule has 0 fully saturated rings. The monoisotopic (exact) mass is 378 g/mol. The number of benzene rings is 3. The molecule has 0 aromatic heterocycles. The van der Waals surface area contributed by atoms with E-state index < -0.39 is 11.6 Å². The molecule has 3 heteroatoms. The van der Waals surface area contributed by atoms with Gasteiger partial charge in [-0.2, -0.15) is 0 Å². The zero-order valence-corrected chi connectivity index (χ0v) is 16.2. The molecule has 0 spiro atoms. The van der Waals surface area contributed by atoms with Crippen molar-refractivity contribution in [1.29, 1.82) is 0 Å². The maximum absolute atomic E-state index is 13.9. The van der Waals surface area contributed by atoms with E-state index in [1.807, 2.05) is 24.3 Å². The highest BCUT2D eigenvalue weighted by atomic mass is 19.1. The van der Waals surface area contributed by atoms with Gasteiger partial charge < -0.3 is 4.74 Å². The Bertz CT molecular complexity index is 908. The van der Waals surface area contributed by atoms with Gasteiger partial charge >= 0.3 is 0 Å². The van der Waals surface area contributed by atoms with E-state index in [0.29, 0.717) is 11.5 Å². The molecule has 28 heavy (non-hydrogen) atoms. The van der Waals surface area contributed by atoms with Crippen molar-refractivity contribution in [3.05, 3.63) is 101 Å². The third kappa shape index (κ3) is 5.07. The van der Waals surface area contributed by atoms with Crippen LogP contribution in [0, 0.1) is 11.6 Å². The van der Waals surface area contributed by atoms with Gasteiger partial charge in [-0.25, -0.2) is 8.78 Å². The fraction of sp³-hybridized carbons (Fsp3) is 0.200. The summed E-state index contributed by atoms with van der Waals surface area (Å²) in [5, 5.41) is 0. The van der Waals surface area contributed by atoms with Gasteiger partial charge in [0.15, 0.2) is 17.4 Å². The van der Waals surface area contributed by atoms with Gasteiger partial charge in [0.25, 0.3) is 0 Å². The summed E-state index contributed by atoms with van der Waals surface area (Å²) in [4.78, 5) is 0. The van der Waals surface area contributed by atoms with Crippen LogP contribution in [0.3, 0.4) is 0 Å². The number of ether oxygens (including phenoxy) is 1. The quantitative estimate of drug-likeness (QED) is 0.407. The number of halogens is 2. The molecule has 0 aliphatic carbocycles. The van der Waals surface area contributed by atoms with Gasteiger partial charge in [-0.15, -0.1) is 0 Å². The van der Waals surface area contributed by atoms with E-state index in [0.717, 1.165) is 12.0 Å². The molecule has 0 aliphatic heterocycles. The second-order valence-electron chi connectivity index (χ2n) is 6.84. The fourth-order valence-electron chi connectivity index (χ4n) is 3.17. The van der Waals surface area contributed by atoms with E-state index in [2.05, 4.69) is 43.3 Å². The maximum Gasteiger partial charge on any atom is 0.190 e. The lowest BCUT2D eigenvalue weighted by atomic mass is 9.93. The van der Waals surface area contributed by atoms with Crippen LogP contribution in [-0.4, -0.2) is 6.61 Å². The van der Waals surface area contributed by atoms with Crippen LogP contribution < -0.4 is 4.74 Å². The Morgan fingerprint density at radius 2 is 1.46 bits per heavy atom. The first-order valence-electron chi connectivity index (χ1n) is 9.50. The molecule has 0 unspecified atom stereocenters. The van der Waals surface area contributed by atoms with Gasteiger partial charge in [-0.1, -0.05) is 73.7 Å². The molecule has 0 bridgehead atoms. The van der Waals surface area contributed by atoms with Crippen molar-refractivity contribution in [3.8, 4) is 5.75 Å². The maximum atomic E-state index is 13.9. The topological polar surface area (TPSA) is 9.23 Å². The van der Waals surface area contributed by atoms with Crippen molar-refractivity contribution in [2.45, 2.75) is 26.2 Å². The summed E-state index contributed by atoms with van der Waals surface area (Å²) in [5.74, 6) is -1.26. The van der Waals surface area contributed by atoms with Crippen LogP contribution in [0.15, 0.2) is 66.7 Å². The predicted octanol–water partition coefficient (Wildman–Crippen LogP) is 6.88. The normalized spacial score (nSPS) is 12.3. The van der Waals surface area contributed by atoms with Gasteiger partial charge in [0.2, 0.25) is 0 Å². The van der Waals surface area contributed by atoms with E-state index in [-0.39, 0.29) is 12.4 Å². The summed E-state index contributed by atoms with van der Waals surface area (Å²) in [6, 6.07) is 21.2. The van der Waals surface area contributed by atoms with Crippen molar-refractivity contribution in [3.63, 3.8) is 0 Å². The van der Waals surface area contributed by atoms with Crippen LogP contribution in [0.1, 0.15) is 42.0 Å². The van der Waals surface area contributed by atoms with Gasteiger partial charge in [-0.05, 0) is 53.6 Å². The van der Waals surface area contributed by atoms with E-state index in [1.54, 1.807) is 13.0 Å². The molecule has 3 rings (SSSR count). The van der Waals surface area contributed by atoms with Crippen LogP contribution in [0.2, 0.25) is 0 Å². The first kappa shape index (κ1) is 19.8. The fourth-order valence-corrected chi connectivity index (χ4v) is 3.17. The molecule has 1 atom stereocenters. The summed E-state index contributed by atoms with van der Waals surface area (Å²) in [7, 11) is 0. The molecule has 0 heterocycles. The SMILES string of the molecule is CCOc1c(F)cc(C=Cc2ccc(C[C@@H](C)c3ccccc3)cc2)cc1F. The Hall–Kier alpha value is -2.94. The van der Waals surface area contributed by atoms with Crippen LogP contribution in [-0.2, 0) is 6.42 Å². The van der Waals surface area contributed by atoms with Crippen molar-refractivity contribution < 1.29 is 13.5 Å². The lowest BCUT2D eigenvalue weighted by Crippen LogP contribution is -1.98. The average molecular weight is 378 g/mol. The molecule has 3 aromatic carbocycles. The first-order chi connectivity index (χ1) is 13.6. The average Bonchev–Trinajstić information content (AvgIpc) is 2.71. The van der Waals surface area contributed by atoms with E-state index >= 15 is 0 Å². The lowest BCUT2D eigenvalue weighted by molar-refractivity contribution is 0.302. The third-order valence-corrected chi connectivity index (χ3v) is 4.67. The van der Waals surface area contributed by atoms with Crippen molar-refractivity contribution >= 4 is 12.2 Å². The lowest BCUT2D eigenvalue weighted by Gasteiger charge is -2.12. The third-order valence-electron chi connectivity index (χ3n) is 4.67. The highest BCUT2D eigenvalue weighted by Crippen LogP contribution is 2.25.